The number of carbonyl (C=O) groups excluding carboxylic acids is 2. The number of aromatic nitrogens is 1. The second-order valence-electron chi connectivity index (χ2n) is 7.02. The Hall–Kier alpha value is -1.95. The molecule has 0 unspecified atom stereocenters. The van der Waals surface area contributed by atoms with E-state index in [4.69, 9.17) is 4.74 Å². The monoisotopic (exact) mass is 345 g/mol. The molecule has 2 aliphatic rings. The lowest BCUT2D eigenvalue weighted by atomic mass is 9.81. The highest BCUT2D eigenvalue weighted by Crippen LogP contribution is 2.37. The summed E-state index contributed by atoms with van der Waals surface area (Å²) in [7, 11) is 0. The maximum absolute atomic E-state index is 12.6. The molecule has 0 radical (unpaired) electrons. The Labute approximate surface area is 149 Å². The van der Waals surface area contributed by atoms with Gasteiger partial charge < -0.3 is 14.5 Å². The molecule has 0 aliphatic carbocycles. The minimum Gasteiger partial charge on any atom is -0.375 e. The van der Waals surface area contributed by atoms with Gasteiger partial charge in [-0.15, -0.1) is 0 Å². The molecule has 0 N–H and O–H groups in total. The van der Waals surface area contributed by atoms with Gasteiger partial charge in [0.1, 0.15) is 0 Å². The zero-order valence-electron chi connectivity index (χ0n) is 15.1. The lowest BCUT2D eigenvalue weighted by molar-refractivity contribution is -0.147. The molecule has 2 fully saturated rings. The van der Waals surface area contributed by atoms with E-state index in [-0.39, 0.29) is 23.5 Å². The predicted octanol–water partition coefficient (Wildman–Crippen LogP) is 2.10. The van der Waals surface area contributed by atoms with Crippen LogP contribution in [0.1, 0.15) is 49.9 Å². The molecule has 1 aromatic heterocycles. The van der Waals surface area contributed by atoms with Gasteiger partial charge in [0, 0.05) is 51.6 Å². The molecule has 3 rings (SSSR count). The van der Waals surface area contributed by atoms with Gasteiger partial charge in [-0.2, -0.15) is 0 Å². The topological polar surface area (TPSA) is 62.7 Å². The number of hydrogen-bond acceptors (Lipinski definition) is 4. The average Bonchev–Trinajstić information content (AvgIpc) is 2.63. The van der Waals surface area contributed by atoms with E-state index in [1.807, 2.05) is 16.7 Å². The van der Waals surface area contributed by atoms with Crippen LogP contribution in [0.15, 0.2) is 24.5 Å². The van der Waals surface area contributed by atoms with Crippen LogP contribution in [0.2, 0.25) is 0 Å². The number of hydrogen-bond donors (Lipinski definition) is 0. The molecule has 2 amide bonds. The van der Waals surface area contributed by atoms with Gasteiger partial charge in [-0.1, -0.05) is 0 Å². The second kappa shape index (κ2) is 7.52. The van der Waals surface area contributed by atoms with Gasteiger partial charge in [-0.3, -0.25) is 14.6 Å². The van der Waals surface area contributed by atoms with Crippen molar-refractivity contribution in [3.8, 4) is 0 Å². The van der Waals surface area contributed by atoms with Crippen molar-refractivity contribution in [3.05, 3.63) is 30.1 Å². The maximum atomic E-state index is 12.6. The number of pyridine rings is 1. The Balaban J connectivity index is 1.62. The van der Waals surface area contributed by atoms with Crippen LogP contribution in [-0.4, -0.2) is 64.5 Å². The molecule has 6 nitrogen and oxygen atoms in total. The number of rotatable bonds is 3. The Morgan fingerprint density at radius 3 is 2.76 bits per heavy atom. The quantitative estimate of drug-likeness (QED) is 0.842. The standard InChI is InChI=1S/C19H27N3O3/c1-3-22(15(2)23)17-6-12-25-19(13-17)7-10-21(11-8-19)18(24)16-5-4-9-20-14-16/h4-5,9,14,17H,3,6-8,10-13H2,1-2H3/t17-/m1/s1. The van der Waals surface area contributed by atoms with E-state index in [9.17, 15) is 9.59 Å². The fourth-order valence-corrected chi connectivity index (χ4v) is 4.14. The van der Waals surface area contributed by atoms with Crippen molar-refractivity contribution in [2.45, 2.75) is 51.2 Å². The number of piperidine rings is 1. The molecular formula is C19H27N3O3. The Morgan fingerprint density at radius 2 is 2.16 bits per heavy atom. The Kier molecular flexibility index (Phi) is 5.37. The molecule has 25 heavy (non-hydrogen) atoms. The van der Waals surface area contributed by atoms with Crippen LogP contribution >= 0.6 is 0 Å². The van der Waals surface area contributed by atoms with E-state index in [0.29, 0.717) is 25.3 Å². The third-order valence-electron chi connectivity index (χ3n) is 5.52. The molecule has 3 heterocycles. The SMILES string of the molecule is CCN(C(C)=O)[C@@H]1CCOC2(CCN(C(=O)c3cccnc3)CC2)C1. The largest absolute Gasteiger partial charge is 0.375 e. The van der Waals surface area contributed by atoms with Gasteiger partial charge in [0.25, 0.3) is 5.91 Å². The first kappa shape index (κ1) is 17.9. The first-order valence-electron chi connectivity index (χ1n) is 9.15. The van der Waals surface area contributed by atoms with Gasteiger partial charge in [-0.05, 0) is 44.7 Å². The minimum absolute atomic E-state index is 0.0363. The van der Waals surface area contributed by atoms with Gasteiger partial charge in [-0.25, -0.2) is 0 Å². The summed E-state index contributed by atoms with van der Waals surface area (Å²) < 4.78 is 6.16. The molecule has 2 aliphatic heterocycles. The van der Waals surface area contributed by atoms with Crippen LogP contribution in [0.5, 0.6) is 0 Å². The van der Waals surface area contributed by atoms with Crippen molar-refractivity contribution < 1.29 is 14.3 Å². The van der Waals surface area contributed by atoms with Crippen LogP contribution in [-0.2, 0) is 9.53 Å². The maximum Gasteiger partial charge on any atom is 0.255 e. The van der Waals surface area contributed by atoms with E-state index in [2.05, 4.69) is 4.98 Å². The molecule has 1 spiro atoms. The molecule has 1 atom stereocenters. The first-order chi connectivity index (χ1) is 12.0. The zero-order valence-corrected chi connectivity index (χ0v) is 15.1. The predicted molar refractivity (Wildman–Crippen MR) is 94.1 cm³/mol. The summed E-state index contributed by atoms with van der Waals surface area (Å²) in [4.78, 5) is 32.3. The Morgan fingerprint density at radius 1 is 1.40 bits per heavy atom. The summed E-state index contributed by atoms with van der Waals surface area (Å²) in [5.41, 5.74) is 0.437. The van der Waals surface area contributed by atoms with E-state index in [0.717, 1.165) is 32.2 Å². The summed E-state index contributed by atoms with van der Waals surface area (Å²) in [6.45, 7) is 6.46. The van der Waals surface area contributed by atoms with Gasteiger partial charge in [0.05, 0.1) is 11.2 Å². The molecule has 0 bridgehead atoms. The fourth-order valence-electron chi connectivity index (χ4n) is 4.14. The molecule has 0 aromatic carbocycles. The van der Waals surface area contributed by atoms with E-state index in [1.54, 1.807) is 31.5 Å². The van der Waals surface area contributed by atoms with Crippen molar-refractivity contribution in [3.63, 3.8) is 0 Å². The number of nitrogens with zero attached hydrogens (tertiary/aromatic N) is 3. The Bertz CT molecular complexity index is 612. The van der Waals surface area contributed by atoms with Crippen LogP contribution < -0.4 is 0 Å². The van der Waals surface area contributed by atoms with Crippen LogP contribution in [0, 0.1) is 0 Å². The highest BCUT2D eigenvalue weighted by Gasteiger charge is 2.42. The molecule has 136 valence electrons. The summed E-state index contributed by atoms with van der Waals surface area (Å²) in [6.07, 6.45) is 6.71. The van der Waals surface area contributed by atoms with Crippen LogP contribution in [0.25, 0.3) is 0 Å². The number of likely N-dealkylation sites (tertiary alicyclic amines) is 1. The third-order valence-corrected chi connectivity index (χ3v) is 5.52. The normalized spacial score (nSPS) is 22.6. The first-order valence-corrected chi connectivity index (χ1v) is 9.15. The van der Waals surface area contributed by atoms with Crippen molar-refractivity contribution in [2.75, 3.05) is 26.2 Å². The number of ether oxygens (including phenoxy) is 1. The van der Waals surface area contributed by atoms with Crippen LogP contribution in [0.4, 0.5) is 0 Å². The summed E-state index contributed by atoms with van der Waals surface area (Å²) in [5.74, 6) is 0.169. The molecule has 0 saturated carbocycles. The van der Waals surface area contributed by atoms with E-state index < -0.39 is 0 Å². The van der Waals surface area contributed by atoms with E-state index in [1.165, 1.54) is 0 Å². The van der Waals surface area contributed by atoms with Gasteiger partial charge in [0.2, 0.25) is 5.91 Å². The lowest BCUT2D eigenvalue weighted by Crippen LogP contribution is -2.55. The number of amides is 2. The molecule has 1 aromatic rings. The van der Waals surface area contributed by atoms with E-state index >= 15 is 0 Å². The highest BCUT2D eigenvalue weighted by atomic mass is 16.5. The highest BCUT2D eigenvalue weighted by molar-refractivity contribution is 5.93. The second-order valence-corrected chi connectivity index (χ2v) is 7.02. The number of carbonyl (C=O) groups is 2. The zero-order chi connectivity index (χ0) is 17.9. The summed E-state index contributed by atoms with van der Waals surface area (Å²) in [5, 5.41) is 0. The van der Waals surface area contributed by atoms with Crippen molar-refractivity contribution in [2.24, 2.45) is 0 Å². The van der Waals surface area contributed by atoms with Gasteiger partial charge >= 0.3 is 0 Å². The smallest absolute Gasteiger partial charge is 0.255 e. The minimum atomic E-state index is -0.197. The lowest BCUT2D eigenvalue weighted by Gasteiger charge is -2.48. The van der Waals surface area contributed by atoms with Gasteiger partial charge in [0.15, 0.2) is 0 Å². The average molecular weight is 345 g/mol. The molecule has 2 saturated heterocycles. The van der Waals surface area contributed by atoms with Crippen molar-refractivity contribution >= 4 is 11.8 Å². The van der Waals surface area contributed by atoms with Crippen LogP contribution in [0.3, 0.4) is 0 Å². The summed E-state index contributed by atoms with van der Waals surface area (Å²) >= 11 is 0. The molecule has 6 heteroatoms. The van der Waals surface area contributed by atoms with Crippen molar-refractivity contribution in [1.82, 2.24) is 14.8 Å². The molecular weight excluding hydrogens is 318 g/mol. The summed E-state index contributed by atoms with van der Waals surface area (Å²) in [6, 6.07) is 3.84. The fraction of sp³-hybridized carbons (Fsp3) is 0.632. The third kappa shape index (κ3) is 3.84. The van der Waals surface area contributed by atoms with Crippen molar-refractivity contribution in [1.29, 1.82) is 0 Å².